The number of Topliss-reactive ketones (excluding diaryl/α,β-unsaturated/α-hetero) is 1. The van der Waals surface area contributed by atoms with Crippen molar-refractivity contribution in [2.75, 3.05) is 13.1 Å². The molecular weight excluding hydrogens is 174 g/mol. The summed E-state index contributed by atoms with van der Waals surface area (Å²) in [6.07, 6.45) is 8.20. The summed E-state index contributed by atoms with van der Waals surface area (Å²) in [6.45, 7) is 2.26. The molecule has 0 aromatic heterocycles. The topological polar surface area (TPSA) is 29.1 Å². The molecule has 1 aliphatic carbocycles. The van der Waals surface area contributed by atoms with Crippen LogP contribution in [0.25, 0.3) is 0 Å². The summed E-state index contributed by atoms with van der Waals surface area (Å²) in [7, 11) is 0. The zero-order valence-electron chi connectivity index (χ0n) is 8.93. The molecule has 14 heavy (non-hydrogen) atoms. The highest BCUT2D eigenvalue weighted by Crippen LogP contribution is 2.30. The monoisotopic (exact) mass is 195 g/mol. The maximum atomic E-state index is 11.8. The van der Waals surface area contributed by atoms with E-state index in [-0.39, 0.29) is 0 Å². The van der Waals surface area contributed by atoms with Crippen LogP contribution in [0.5, 0.6) is 0 Å². The van der Waals surface area contributed by atoms with Gasteiger partial charge in [0.25, 0.3) is 0 Å². The summed E-state index contributed by atoms with van der Waals surface area (Å²) in [4.78, 5) is 11.8. The highest BCUT2D eigenvalue weighted by Gasteiger charge is 2.27. The molecule has 0 aromatic carbocycles. The summed E-state index contributed by atoms with van der Waals surface area (Å²) in [6, 6.07) is 0. The fourth-order valence-corrected chi connectivity index (χ4v) is 2.48. The fraction of sp³-hybridized carbons (Fsp3) is 0.917. The van der Waals surface area contributed by atoms with Crippen molar-refractivity contribution in [1.82, 2.24) is 5.32 Å². The summed E-state index contributed by atoms with van der Waals surface area (Å²) in [5, 5.41) is 3.40. The van der Waals surface area contributed by atoms with Crippen LogP contribution < -0.4 is 5.32 Å². The minimum atomic E-state index is 0.450. The first-order valence-corrected chi connectivity index (χ1v) is 6.09. The zero-order chi connectivity index (χ0) is 9.80. The van der Waals surface area contributed by atoms with E-state index in [1.807, 2.05) is 0 Å². The van der Waals surface area contributed by atoms with Gasteiger partial charge in [-0.25, -0.2) is 0 Å². The number of rotatable bonds is 3. The largest absolute Gasteiger partial charge is 0.317 e. The molecule has 2 heteroatoms. The van der Waals surface area contributed by atoms with Crippen molar-refractivity contribution in [3.63, 3.8) is 0 Å². The molecule has 0 bridgehead atoms. The van der Waals surface area contributed by atoms with Crippen molar-refractivity contribution < 1.29 is 4.79 Å². The van der Waals surface area contributed by atoms with Crippen LogP contribution in [-0.2, 0) is 4.79 Å². The zero-order valence-corrected chi connectivity index (χ0v) is 8.93. The van der Waals surface area contributed by atoms with Crippen molar-refractivity contribution in [1.29, 1.82) is 0 Å². The molecule has 0 amide bonds. The Balaban J connectivity index is 1.74. The van der Waals surface area contributed by atoms with Gasteiger partial charge in [-0.1, -0.05) is 6.42 Å². The lowest BCUT2D eigenvalue weighted by Crippen LogP contribution is -2.24. The Bertz CT molecular complexity index is 190. The van der Waals surface area contributed by atoms with Crippen LogP contribution >= 0.6 is 0 Å². The van der Waals surface area contributed by atoms with Gasteiger partial charge in [0, 0.05) is 12.3 Å². The maximum absolute atomic E-state index is 11.8. The first-order chi connectivity index (χ1) is 6.86. The van der Waals surface area contributed by atoms with Crippen LogP contribution in [-0.4, -0.2) is 18.9 Å². The average Bonchev–Trinajstić information content (AvgIpc) is 2.29. The van der Waals surface area contributed by atoms with Gasteiger partial charge in [-0.15, -0.1) is 0 Å². The van der Waals surface area contributed by atoms with Gasteiger partial charge in [0.05, 0.1) is 0 Å². The number of carbonyl (C=O) groups is 1. The van der Waals surface area contributed by atoms with Crippen molar-refractivity contribution in [3.8, 4) is 0 Å². The molecule has 1 N–H and O–H groups in total. The maximum Gasteiger partial charge on any atom is 0.136 e. The Morgan fingerprint density at radius 2 is 1.93 bits per heavy atom. The quantitative estimate of drug-likeness (QED) is 0.747. The second-order valence-corrected chi connectivity index (χ2v) is 4.85. The molecule has 1 unspecified atom stereocenters. The lowest BCUT2D eigenvalue weighted by atomic mass is 9.78. The average molecular weight is 195 g/mol. The van der Waals surface area contributed by atoms with Crippen LogP contribution in [0, 0.1) is 11.8 Å². The van der Waals surface area contributed by atoms with E-state index in [1.54, 1.807) is 0 Å². The third-order valence-electron chi connectivity index (χ3n) is 3.75. The first-order valence-electron chi connectivity index (χ1n) is 6.09. The van der Waals surface area contributed by atoms with E-state index >= 15 is 0 Å². The van der Waals surface area contributed by atoms with Crippen molar-refractivity contribution in [2.45, 2.75) is 44.9 Å². The highest BCUT2D eigenvalue weighted by atomic mass is 16.1. The second-order valence-electron chi connectivity index (χ2n) is 4.85. The first kappa shape index (κ1) is 10.2. The summed E-state index contributed by atoms with van der Waals surface area (Å²) in [5.41, 5.74) is 0. The van der Waals surface area contributed by atoms with Crippen molar-refractivity contribution in [2.24, 2.45) is 11.8 Å². The van der Waals surface area contributed by atoms with Gasteiger partial charge >= 0.3 is 0 Å². The molecule has 1 heterocycles. The number of carbonyl (C=O) groups excluding carboxylic acids is 1. The molecule has 1 saturated heterocycles. The van der Waals surface area contributed by atoms with Crippen LogP contribution in [0.4, 0.5) is 0 Å². The molecule has 2 aliphatic rings. The van der Waals surface area contributed by atoms with Crippen LogP contribution in [0.3, 0.4) is 0 Å². The predicted molar refractivity (Wildman–Crippen MR) is 57.2 cm³/mol. The van der Waals surface area contributed by atoms with E-state index in [9.17, 15) is 4.79 Å². The molecular formula is C12H21NO. The van der Waals surface area contributed by atoms with Gasteiger partial charge in [-0.05, 0) is 51.1 Å². The minimum absolute atomic E-state index is 0.450. The Kier molecular flexibility index (Phi) is 3.57. The minimum Gasteiger partial charge on any atom is -0.317 e. The van der Waals surface area contributed by atoms with Gasteiger partial charge < -0.3 is 5.32 Å². The van der Waals surface area contributed by atoms with Crippen molar-refractivity contribution >= 4 is 5.78 Å². The number of hydrogen-bond donors (Lipinski definition) is 1. The van der Waals surface area contributed by atoms with Crippen LogP contribution in [0.2, 0.25) is 0 Å². The van der Waals surface area contributed by atoms with E-state index < -0.39 is 0 Å². The van der Waals surface area contributed by atoms with E-state index in [2.05, 4.69) is 5.32 Å². The Labute approximate surface area is 86.5 Å². The molecule has 0 aromatic rings. The Morgan fingerprint density at radius 1 is 1.07 bits per heavy atom. The highest BCUT2D eigenvalue weighted by molar-refractivity contribution is 5.81. The Hall–Kier alpha value is -0.370. The molecule has 0 radical (unpaired) electrons. The predicted octanol–water partition coefficient (Wildman–Crippen LogP) is 2.14. The molecule has 1 atom stereocenters. The lowest BCUT2D eigenvalue weighted by molar-refractivity contribution is -0.126. The molecule has 2 rings (SSSR count). The summed E-state index contributed by atoms with van der Waals surface area (Å²) in [5.74, 6) is 1.69. The van der Waals surface area contributed by atoms with Gasteiger partial charge in [0.1, 0.15) is 5.78 Å². The van der Waals surface area contributed by atoms with Crippen LogP contribution in [0.1, 0.15) is 44.9 Å². The molecule has 2 nitrogen and oxygen atoms in total. The second kappa shape index (κ2) is 4.92. The van der Waals surface area contributed by atoms with Gasteiger partial charge in [0.2, 0.25) is 0 Å². The Morgan fingerprint density at radius 3 is 2.64 bits per heavy atom. The third-order valence-corrected chi connectivity index (χ3v) is 3.75. The van der Waals surface area contributed by atoms with Gasteiger partial charge in [-0.2, -0.15) is 0 Å². The number of hydrogen-bond acceptors (Lipinski definition) is 2. The molecule has 0 spiro atoms. The van der Waals surface area contributed by atoms with E-state index in [4.69, 9.17) is 0 Å². The normalized spacial score (nSPS) is 29.3. The van der Waals surface area contributed by atoms with Crippen LogP contribution in [0.15, 0.2) is 0 Å². The van der Waals surface area contributed by atoms with Gasteiger partial charge in [0.15, 0.2) is 0 Å². The van der Waals surface area contributed by atoms with E-state index in [0.29, 0.717) is 17.6 Å². The smallest absolute Gasteiger partial charge is 0.136 e. The summed E-state index contributed by atoms with van der Waals surface area (Å²) < 4.78 is 0. The van der Waals surface area contributed by atoms with Gasteiger partial charge in [-0.3, -0.25) is 4.79 Å². The number of ketones is 1. The molecule has 1 saturated carbocycles. The summed E-state index contributed by atoms with van der Waals surface area (Å²) >= 11 is 0. The number of nitrogens with one attached hydrogen (secondary N) is 1. The third kappa shape index (κ3) is 2.57. The molecule has 2 fully saturated rings. The van der Waals surface area contributed by atoms with E-state index in [0.717, 1.165) is 19.5 Å². The molecule has 1 aliphatic heterocycles. The standard InChI is InChI=1S/C12H21NO/c14-12(11-4-1-5-11)9-10-3-2-7-13-8-6-10/h10-11,13H,1-9H2. The van der Waals surface area contributed by atoms with Crippen molar-refractivity contribution in [3.05, 3.63) is 0 Å². The molecule has 80 valence electrons. The fourth-order valence-electron chi connectivity index (χ4n) is 2.48. The van der Waals surface area contributed by atoms with E-state index in [1.165, 1.54) is 38.5 Å². The SMILES string of the molecule is O=C(CC1CCCNCC1)C1CCC1. The lowest BCUT2D eigenvalue weighted by Gasteiger charge is -2.25.